The van der Waals surface area contributed by atoms with Crippen LogP contribution in [0, 0.1) is 11.7 Å². The van der Waals surface area contributed by atoms with Crippen LogP contribution in [0.4, 0.5) is 9.18 Å². The molecule has 1 fully saturated rings. The van der Waals surface area contributed by atoms with Crippen molar-refractivity contribution in [3.8, 4) is 0 Å². The molecule has 22 heavy (non-hydrogen) atoms. The molecule has 0 unspecified atom stereocenters. The SMILES string of the molecule is C[C@H](NC(=O)N1CC[C@@H]([C@H](C)O)C1)c1cc(F)c(Cl)cc1Cl. The molecular formula is C15H19Cl2FN2O2. The Labute approximate surface area is 139 Å². The van der Waals surface area contributed by atoms with Gasteiger partial charge in [0, 0.05) is 24.0 Å². The Morgan fingerprint density at radius 3 is 2.68 bits per heavy atom. The number of amides is 2. The Bertz CT molecular complexity index is 569. The van der Waals surface area contributed by atoms with Crippen molar-refractivity contribution in [3.05, 3.63) is 33.6 Å². The van der Waals surface area contributed by atoms with Crippen molar-refractivity contribution in [3.63, 3.8) is 0 Å². The highest BCUT2D eigenvalue weighted by molar-refractivity contribution is 6.35. The molecule has 3 atom stereocenters. The Morgan fingerprint density at radius 2 is 2.09 bits per heavy atom. The van der Waals surface area contributed by atoms with Gasteiger partial charge in [0.05, 0.1) is 17.2 Å². The van der Waals surface area contributed by atoms with Crippen LogP contribution >= 0.6 is 23.2 Å². The van der Waals surface area contributed by atoms with Crippen LogP contribution in [-0.2, 0) is 0 Å². The third-order valence-electron chi connectivity index (χ3n) is 4.04. The maximum atomic E-state index is 13.6. The molecule has 0 spiro atoms. The number of hydrogen-bond acceptors (Lipinski definition) is 2. The number of carbonyl (C=O) groups is 1. The monoisotopic (exact) mass is 348 g/mol. The molecule has 0 aliphatic carbocycles. The van der Waals surface area contributed by atoms with Gasteiger partial charge >= 0.3 is 6.03 Å². The number of nitrogens with one attached hydrogen (secondary N) is 1. The molecule has 0 aromatic heterocycles. The minimum absolute atomic E-state index is 0.0494. The van der Waals surface area contributed by atoms with Crippen molar-refractivity contribution in [1.82, 2.24) is 10.2 Å². The first kappa shape index (κ1) is 17.3. The summed E-state index contributed by atoms with van der Waals surface area (Å²) in [5.74, 6) is -0.477. The van der Waals surface area contributed by atoms with Gasteiger partial charge in [-0.2, -0.15) is 0 Å². The number of aliphatic hydroxyl groups excluding tert-OH is 1. The van der Waals surface area contributed by atoms with Crippen molar-refractivity contribution in [2.45, 2.75) is 32.4 Å². The highest BCUT2D eigenvalue weighted by Gasteiger charge is 2.29. The van der Waals surface area contributed by atoms with Crippen LogP contribution in [0.15, 0.2) is 12.1 Å². The number of halogens is 3. The average molecular weight is 349 g/mol. The van der Waals surface area contributed by atoms with E-state index >= 15 is 0 Å². The van der Waals surface area contributed by atoms with Gasteiger partial charge in [-0.1, -0.05) is 23.2 Å². The first-order valence-corrected chi connectivity index (χ1v) is 7.93. The van der Waals surface area contributed by atoms with Crippen LogP contribution in [-0.4, -0.2) is 35.2 Å². The quantitative estimate of drug-likeness (QED) is 0.820. The topological polar surface area (TPSA) is 52.6 Å². The molecule has 2 rings (SSSR count). The van der Waals surface area contributed by atoms with Gasteiger partial charge in [-0.3, -0.25) is 0 Å². The summed E-state index contributed by atoms with van der Waals surface area (Å²) in [6, 6.07) is 1.87. The number of rotatable bonds is 3. The number of aliphatic hydroxyl groups is 1. The molecule has 1 aliphatic heterocycles. The summed E-state index contributed by atoms with van der Waals surface area (Å²) in [5.41, 5.74) is 0.475. The fraction of sp³-hybridized carbons (Fsp3) is 0.533. The number of carbonyl (C=O) groups excluding carboxylic acids is 1. The zero-order valence-electron chi connectivity index (χ0n) is 12.4. The van der Waals surface area contributed by atoms with E-state index < -0.39 is 18.0 Å². The van der Waals surface area contributed by atoms with E-state index in [0.29, 0.717) is 23.7 Å². The first-order chi connectivity index (χ1) is 10.3. The van der Waals surface area contributed by atoms with Gasteiger partial charge in [0.25, 0.3) is 0 Å². The lowest BCUT2D eigenvalue weighted by Gasteiger charge is -2.22. The highest BCUT2D eigenvalue weighted by Crippen LogP contribution is 2.29. The van der Waals surface area contributed by atoms with E-state index in [1.54, 1.807) is 18.7 Å². The van der Waals surface area contributed by atoms with E-state index in [1.165, 1.54) is 12.1 Å². The van der Waals surface area contributed by atoms with E-state index in [-0.39, 0.29) is 17.0 Å². The predicted molar refractivity (Wildman–Crippen MR) is 84.7 cm³/mol. The lowest BCUT2D eigenvalue weighted by atomic mass is 10.0. The summed E-state index contributed by atoms with van der Waals surface area (Å²) in [6.45, 7) is 4.56. The molecule has 1 aliphatic rings. The molecular weight excluding hydrogens is 330 g/mol. The molecule has 4 nitrogen and oxygen atoms in total. The van der Waals surface area contributed by atoms with Gasteiger partial charge in [0.15, 0.2) is 0 Å². The molecule has 2 amide bonds. The van der Waals surface area contributed by atoms with E-state index in [1.807, 2.05) is 0 Å². The van der Waals surface area contributed by atoms with E-state index in [2.05, 4.69) is 5.32 Å². The van der Waals surface area contributed by atoms with Crippen molar-refractivity contribution >= 4 is 29.2 Å². The summed E-state index contributed by atoms with van der Waals surface area (Å²) < 4.78 is 13.6. The number of urea groups is 1. The van der Waals surface area contributed by atoms with Crippen molar-refractivity contribution in [1.29, 1.82) is 0 Å². The van der Waals surface area contributed by atoms with Gasteiger partial charge in [0.2, 0.25) is 0 Å². The summed E-state index contributed by atoms with van der Waals surface area (Å²) in [4.78, 5) is 13.9. The molecule has 1 heterocycles. The van der Waals surface area contributed by atoms with E-state index in [0.717, 1.165) is 6.42 Å². The largest absolute Gasteiger partial charge is 0.393 e. The summed E-state index contributed by atoms with van der Waals surface area (Å²) in [6.07, 6.45) is 0.338. The third-order valence-corrected chi connectivity index (χ3v) is 4.66. The summed E-state index contributed by atoms with van der Waals surface area (Å²) >= 11 is 11.7. The van der Waals surface area contributed by atoms with Crippen molar-refractivity contribution in [2.24, 2.45) is 5.92 Å². The fourth-order valence-electron chi connectivity index (χ4n) is 2.59. The molecule has 7 heteroatoms. The van der Waals surface area contributed by atoms with Gasteiger partial charge in [-0.25, -0.2) is 9.18 Å². The predicted octanol–water partition coefficient (Wildman–Crippen LogP) is 3.61. The van der Waals surface area contributed by atoms with Crippen LogP contribution in [0.2, 0.25) is 10.0 Å². The number of benzene rings is 1. The molecule has 0 radical (unpaired) electrons. The molecule has 1 aromatic carbocycles. The number of nitrogens with zero attached hydrogens (tertiary/aromatic N) is 1. The van der Waals surface area contributed by atoms with Gasteiger partial charge in [-0.15, -0.1) is 0 Å². The zero-order valence-corrected chi connectivity index (χ0v) is 14.0. The van der Waals surface area contributed by atoms with Crippen molar-refractivity contribution in [2.75, 3.05) is 13.1 Å². The second kappa shape index (κ2) is 7.02. The second-order valence-corrected chi connectivity index (χ2v) is 6.51. The van der Waals surface area contributed by atoms with Crippen LogP contribution in [0.5, 0.6) is 0 Å². The zero-order chi connectivity index (χ0) is 16.4. The van der Waals surface area contributed by atoms with Crippen molar-refractivity contribution < 1.29 is 14.3 Å². The average Bonchev–Trinajstić information content (AvgIpc) is 2.92. The standard InChI is InChI=1S/C15H19Cl2FN2O2/c1-8(11-5-14(18)13(17)6-12(11)16)19-15(22)20-4-3-10(7-20)9(2)21/h5-6,8-10,21H,3-4,7H2,1-2H3,(H,19,22)/t8-,9-,10+/m0/s1. The van der Waals surface area contributed by atoms with Gasteiger partial charge in [-0.05, 0) is 38.0 Å². The maximum absolute atomic E-state index is 13.6. The summed E-state index contributed by atoms with van der Waals surface area (Å²) in [7, 11) is 0. The Balaban J connectivity index is 2.02. The second-order valence-electron chi connectivity index (χ2n) is 5.69. The molecule has 0 saturated carbocycles. The maximum Gasteiger partial charge on any atom is 0.317 e. The van der Waals surface area contributed by atoms with Gasteiger partial charge < -0.3 is 15.3 Å². The van der Waals surface area contributed by atoms with Crippen LogP contribution < -0.4 is 5.32 Å². The molecule has 122 valence electrons. The van der Waals surface area contributed by atoms with E-state index in [9.17, 15) is 14.3 Å². The molecule has 2 N–H and O–H groups in total. The third kappa shape index (κ3) is 3.83. The lowest BCUT2D eigenvalue weighted by Crippen LogP contribution is -2.40. The number of likely N-dealkylation sites (tertiary alicyclic amines) is 1. The van der Waals surface area contributed by atoms with Crippen LogP contribution in [0.25, 0.3) is 0 Å². The first-order valence-electron chi connectivity index (χ1n) is 7.17. The molecule has 1 saturated heterocycles. The normalized spacial score (nSPS) is 20.8. The Kier molecular flexibility index (Phi) is 5.53. The Morgan fingerprint density at radius 1 is 1.41 bits per heavy atom. The van der Waals surface area contributed by atoms with Crippen LogP contribution in [0.3, 0.4) is 0 Å². The molecule has 0 bridgehead atoms. The Hall–Kier alpha value is -1.04. The smallest absolute Gasteiger partial charge is 0.317 e. The highest BCUT2D eigenvalue weighted by atomic mass is 35.5. The lowest BCUT2D eigenvalue weighted by molar-refractivity contribution is 0.129. The fourth-order valence-corrected chi connectivity index (χ4v) is 3.14. The van der Waals surface area contributed by atoms with E-state index in [4.69, 9.17) is 23.2 Å². The minimum atomic E-state index is -0.572. The summed E-state index contributed by atoms with van der Waals surface area (Å²) in [5, 5.41) is 12.6. The van der Waals surface area contributed by atoms with Crippen LogP contribution in [0.1, 0.15) is 31.9 Å². The minimum Gasteiger partial charge on any atom is -0.393 e. The molecule has 1 aromatic rings. The number of hydrogen-bond donors (Lipinski definition) is 2. The van der Waals surface area contributed by atoms with Gasteiger partial charge in [0.1, 0.15) is 5.82 Å².